The first-order chi connectivity index (χ1) is 14.6. The zero-order chi connectivity index (χ0) is 22.4. The predicted octanol–water partition coefficient (Wildman–Crippen LogP) is 5.21. The van der Waals surface area contributed by atoms with Crippen molar-refractivity contribution in [2.24, 2.45) is 0 Å². The standard InChI is InChI=1S/C22H19Cl2F3N2O2/c23-14-11-15-19(17(24)12-14)21(28-20(15)31)7-9-29(10-8-21)18(30)6-5-13-3-1-2-4-16(13)22(25,26)27/h1-4,11-12H,5-10H2,(H,28,31). The Balaban J connectivity index is 1.43. The number of alkyl halides is 3. The first-order valence-electron chi connectivity index (χ1n) is 9.86. The molecule has 0 bridgehead atoms. The fourth-order valence-electron chi connectivity index (χ4n) is 4.51. The first-order valence-corrected chi connectivity index (χ1v) is 10.6. The normalized spacial score (nSPS) is 17.6. The van der Waals surface area contributed by atoms with Crippen LogP contribution in [0.2, 0.25) is 10.0 Å². The summed E-state index contributed by atoms with van der Waals surface area (Å²) < 4.78 is 39.5. The molecule has 0 aliphatic carbocycles. The fourth-order valence-corrected chi connectivity index (χ4v) is 5.19. The molecule has 1 N–H and O–H groups in total. The van der Waals surface area contributed by atoms with Crippen LogP contribution < -0.4 is 5.32 Å². The quantitative estimate of drug-likeness (QED) is 0.669. The average molecular weight is 471 g/mol. The largest absolute Gasteiger partial charge is 0.416 e. The molecule has 1 saturated heterocycles. The van der Waals surface area contributed by atoms with Crippen molar-refractivity contribution in [1.29, 1.82) is 0 Å². The van der Waals surface area contributed by atoms with Crippen molar-refractivity contribution in [1.82, 2.24) is 10.2 Å². The van der Waals surface area contributed by atoms with Gasteiger partial charge in [-0.05, 0) is 43.0 Å². The Morgan fingerprint density at radius 2 is 1.81 bits per heavy atom. The molecular formula is C22H19Cl2F3N2O2. The average Bonchev–Trinajstić information content (AvgIpc) is 2.97. The van der Waals surface area contributed by atoms with E-state index in [0.717, 1.165) is 6.07 Å². The van der Waals surface area contributed by atoms with Crippen molar-refractivity contribution >= 4 is 35.0 Å². The van der Waals surface area contributed by atoms with Crippen LogP contribution in [-0.2, 0) is 22.9 Å². The third-order valence-corrected chi connectivity index (χ3v) is 6.55. The number of halogens is 5. The van der Waals surface area contributed by atoms with E-state index in [2.05, 4.69) is 5.32 Å². The number of benzene rings is 2. The second-order valence-corrected chi connectivity index (χ2v) is 8.73. The summed E-state index contributed by atoms with van der Waals surface area (Å²) in [6.07, 6.45) is -3.51. The molecule has 9 heteroatoms. The Morgan fingerprint density at radius 3 is 2.48 bits per heavy atom. The van der Waals surface area contributed by atoms with Crippen molar-refractivity contribution in [3.63, 3.8) is 0 Å². The van der Waals surface area contributed by atoms with Gasteiger partial charge in [0.15, 0.2) is 0 Å². The van der Waals surface area contributed by atoms with Gasteiger partial charge in [0.25, 0.3) is 5.91 Å². The van der Waals surface area contributed by atoms with Crippen LogP contribution in [-0.4, -0.2) is 29.8 Å². The minimum atomic E-state index is -4.45. The molecule has 0 aromatic heterocycles. The molecule has 4 nitrogen and oxygen atoms in total. The van der Waals surface area contributed by atoms with Crippen molar-refractivity contribution < 1.29 is 22.8 Å². The molecule has 0 atom stereocenters. The zero-order valence-corrected chi connectivity index (χ0v) is 17.9. The van der Waals surface area contributed by atoms with Crippen LogP contribution in [0, 0.1) is 0 Å². The molecule has 2 aliphatic rings. The molecule has 2 amide bonds. The van der Waals surface area contributed by atoms with E-state index in [9.17, 15) is 22.8 Å². The van der Waals surface area contributed by atoms with Crippen molar-refractivity contribution in [2.75, 3.05) is 13.1 Å². The lowest BCUT2D eigenvalue weighted by Gasteiger charge is -2.40. The topological polar surface area (TPSA) is 49.4 Å². The van der Waals surface area contributed by atoms with Crippen LogP contribution in [0.1, 0.15) is 46.3 Å². The molecule has 4 rings (SSSR count). The Bertz CT molecular complexity index is 1050. The van der Waals surface area contributed by atoms with Crippen molar-refractivity contribution in [3.8, 4) is 0 Å². The lowest BCUT2D eigenvalue weighted by molar-refractivity contribution is -0.139. The number of amides is 2. The molecule has 164 valence electrons. The summed E-state index contributed by atoms with van der Waals surface area (Å²) in [5, 5.41) is 3.78. The maximum atomic E-state index is 13.2. The van der Waals surface area contributed by atoms with Crippen LogP contribution in [0.5, 0.6) is 0 Å². The Morgan fingerprint density at radius 1 is 1.13 bits per heavy atom. The SMILES string of the molecule is O=C1NC2(CCN(C(=O)CCc3ccccc3C(F)(F)F)CC2)c2c(Cl)cc(Cl)cc21. The molecule has 0 saturated carbocycles. The molecular weight excluding hydrogens is 452 g/mol. The number of fused-ring (bicyclic) bond motifs is 2. The molecule has 1 spiro atoms. The van der Waals surface area contributed by atoms with Gasteiger partial charge in [-0.3, -0.25) is 9.59 Å². The monoisotopic (exact) mass is 470 g/mol. The van der Waals surface area contributed by atoms with E-state index in [4.69, 9.17) is 23.2 Å². The van der Waals surface area contributed by atoms with E-state index in [1.807, 2.05) is 0 Å². The van der Waals surface area contributed by atoms with E-state index < -0.39 is 17.3 Å². The summed E-state index contributed by atoms with van der Waals surface area (Å²) in [5.41, 5.74) is -0.111. The summed E-state index contributed by atoms with van der Waals surface area (Å²) in [4.78, 5) is 26.7. The van der Waals surface area contributed by atoms with E-state index >= 15 is 0 Å². The minimum Gasteiger partial charge on any atom is -0.342 e. The van der Waals surface area contributed by atoms with E-state index in [1.165, 1.54) is 18.2 Å². The number of hydrogen-bond acceptors (Lipinski definition) is 2. The highest BCUT2D eigenvalue weighted by Crippen LogP contribution is 2.44. The summed E-state index contributed by atoms with van der Waals surface area (Å²) in [7, 11) is 0. The highest BCUT2D eigenvalue weighted by molar-refractivity contribution is 6.36. The van der Waals surface area contributed by atoms with Gasteiger partial charge in [-0.1, -0.05) is 41.4 Å². The number of piperidine rings is 1. The second-order valence-electron chi connectivity index (χ2n) is 7.88. The van der Waals surface area contributed by atoms with Gasteiger partial charge < -0.3 is 10.2 Å². The van der Waals surface area contributed by atoms with Crippen molar-refractivity contribution in [2.45, 2.75) is 37.4 Å². The van der Waals surface area contributed by atoms with Gasteiger partial charge in [-0.2, -0.15) is 13.2 Å². The second kappa shape index (κ2) is 8.02. The minimum absolute atomic E-state index is 0.0139. The van der Waals surface area contributed by atoms with E-state index in [0.29, 0.717) is 47.1 Å². The Labute approximate surface area is 187 Å². The zero-order valence-electron chi connectivity index (χ0n) is 16.4. The smallest absolute Gasteiger partial charge is 0.342 e. The molecule has 0 unspecified atom stereocenters. The molecule has 2 aliphatic heterocycles. The molecule has 0 radical (unpaired) electrons. The first kappa shape index (κ1) is 22.0. The van der Waals surface area contributed by atoms with Gasteiger partial charge in [0.05, 0.1) is 11.1 Å². The maximum Gasteiger partial charge on any atom is 0.416 e. The number of hydrogen-bond donors (Lipinski definition) is 1. The molecule has 2 aromatic rings. The van der Waals surface area contributed by atoms with Crippen molar-refractivity contribution in [3.05, 3.63) is 68.7 Å². The van der Waals surface area contributed by atoms with Gasteiger partial charge in [-0.25, -0.2) is 0 Å². The molecule has 31 heavy (non-hydrogen) atoms. The van der Waals surface area contributed by atoms with Gasteiger partial charge in [0.2, 0.25) is 5.91 Å². The number of likely N-dealkylation sites (tertiary alicyclic amines) is 1. The fraction of sp³-hybridized carbons (Fsp3) is 0.364. The van der Waals surface area contributed by atoms with Crippen LogP contribution in [0.25, 0.3) is 0 Å². The lowest BCUT2D eigenvalue weighted by atomic mass is 9.81. The van der Waals surface area contributed by atoms with Crippen LogP contribution in [0.15, 0.2) is 36.4 Å². The Kier molecular flexibility index (Phi) is 5.68. The molecule has 1 fully saturated rings. The Hall–Kier alpha value is -2.25. The third-order valence-electron chi connectivity index (χ3n) is 6.03. The molecule has 2 heterocycles. The van der Waals surface area contributed by atoms with Gasteiger partial charge in [0.1, 0.15) is 0 Å². The van der Waals surface area contributed by atoms with E-state index in [1.54, 1.807) is 17.0 Å². The van der Waals surface area contributed by atoms with Crippen LogP contribution in [0.3, 0.4) is 0 Å². The van der Waals surface area contributed by atoms with Crippen LogP contribution >= 0.6 is 23.2 Å². The summed E-state index contributed by atoms with van der Waals surface area (Å²) in [5.74, 6) is -0.457. The number of carbonyl (C=O) groups excluding carboxylic acids is 2. The van der Waals surface area contributed by atoms with Gasteiger partial charge in [0, 0.05) is 40.7 Å². The number of aryl methyl sites for hydroxylation is 1. The van der Waals surface area contributed by atoms with Crippen LogP contribution in [0.4, 0.5) is 13.2 Å². The number of carbonyl (C=O) groups is 2. The van der Waals surface area contributed by atoms with E-state index in [-0.39, 0.29) is 30.2 Å². The third kappa shape index (κ3) is 4.13. The lowest BCUT2D eigenvalue weighted by Crippen LogP contribution is -2.50. The highest BCUT2D eigenvalue weighted by Gasteiger charge is 2.47. The summed E-state index contributed by atoms with van der Waals surface area (Å²) in [6.45, 7) is 0.747. The predicted molar refractivity (Wildman–Crippen MR) is 111 cm³/mol. The number of rotatable bonds is 3. The summed E-state index contributed by atoms with van der Waals surface area (Å²) >= 11 is 12.4. The van der Waals surface area contributed by atoms with Gasteiger partial charge in [-0.15, -0.1) is 0 Å². The number of nitrogens with zero attached hydrogens (tertiary/aromatic N) is 1. The number of nitrogens with one attached hydrogen (secondary N) is 1. The summed E-state index contributed by atoms with van der Waals surface area (Å²) in [6, 6.07) is 8.49. The molecule has 2 aromatic carbocycles. The highest BCUT2D eigenvalue weighted by atomic mass is 35.5. The maximum absolute atomic E-state index is 13.2. The van der Waals surface area contributed by atoms with Gasteiger partial charge >= 0.3 is 6.18 Å².